The molecule has 5 nitrogen and oxygen atoms in total. The number of carboxylic acids is 1. The highest BCUT2D eigenvalue weighted by molar-refractivity contribution is 5.98. The first kappa shape index (κ1) is 16.1. The number of aromatic nitrogens is 1. The lowest BCUT2D eigenvalue weighted by Crippen LogP contribution is -2.42. The lowest BCUT2D eigenvalue weighted by Gasteiger charge is -2.26. The quantitative estimate of drug-likeness (QED) is 0.875. The van der Waals surface area contributed by atoms with E-state index in [1.807, 2.05) is 19.9 Å². The van der Waals surface area contributed by atoms with E-state index in [1.165, 1.54) is 19.3 Å². The van der Waals surface area contributed by atoms with E-state index >= 15 is 0 Å². The van der Waals surface area contributed by atoms with Gasteiger partial charge in [-0.15, -0.1) is 0 Å². The molecule has 1 aromatic rings. The largest absolute Gasteiger partial charge is 0.480 e. The Morgan fingerprint density at radius 1 is 1.17 bits per heavy atom. The lowest BCUT2D eigenvalue weighted by molar-refractivity contribution is -0.139. The second-order valence-electron chi connectivity index (χ2n) is 7.07. The van der Waals surface area contributed by atoms with Crippen LogP contribution in [0.25, 0.3) is 0 Å². The van der Waals surface area contributed by atoms with Gasteiger partial charge in [0, 0.05) is 17.4 Å². The molecular formula is C18H26N2O3. The summed E-state index contributed by atoms with van der Waals surface area (Å²) in [5.41, 5.74) is 2.68. The van der Waals surface area contributed by atoms with Gasteiger partial charge in [-0.05, 0) is 51.5 Å². The molecule has 3 rings (SSSR count). The molecule has 0 aromatic carbocycles. The zero-order valence-electron chi connectivity index (χ0n) is 14.0. The number of nitrogens with zero attached hydrogens (tertiary/aromatic N) is 1. The molecule has 2 fully saturated rings. The third-order valence-corrected chi connectivity index (χ3v) is 5.31. The zero-order valence-corrected chi connectivity index (χ0v) is 14.0. The first-order chi connectivity index (χ1) is 11.0. The maximum Gasteiger partial charge on any atom is 0.326 e. The van der Waals surface area contributed by atoms with E-state index in [2.05, 4.69) is 9.88 Å². The van der Waals surface area contributed by atoms with Gasteiger partial charge in [0.2, 0.25) is 0 Å². The molecule has 126 valence electrons. The summed E-state index contributed by atoms with van der Waals surface area (Å²) in [5, 5.41) is 12.0. The molecule has 1 heterocycles. The van der Waals surface area contributed by atoms with Crippen LogP contribution in [0.3, 0.4) is 0 Å². The van der Waals surface area contributed by atoms with Gasteiger partial charge in [0.25, 0.3) is 5.91 Å². The Balaban J connectivity index is 1.79. The molecule has 1 unspecified atom stereocenters. The molecule has 0 aliphatic heterocycles. The van der Waals surface area contributed by atoms with Crippen LogP contribution in [0.15, 0.2) is 6.07 Å². The van der Waals surface area contributed by atoms with Gasteiger partial charge in [-0.1, -0.05) is 19.3 Å². The van der Waals surface area contributed by atoms with E-state index in [4.69, 9.17) is 0 Å². The molecule has 0 saturated heterocycles. The summed E-state index contributed by atoms with van der Waals surface area (Å²) in [6.07, 6.45) is 7.88. The topological polar surface area (TPSA) is 71.3 Å². The smallest absolute Gasteiger partial charge is 0.326 e. The highest BCUT2D eigenvalue weighted by Crippen LogP contribution is 2.34. The minimum absolute atomic E-state index is 0.0956. The van der Waals surface area contributed by atoms with Crippen LogP contribution in [-0.2, 0) is 4.79 Å². The minimum Gasteiger partial charge on any atom is -0.480 e. The molecule has 1 atom stereocenters. The molecule has 0 spiro atoms. The number of carbonyl (C=O) groups excluding carboxylic acids is 1. The van der Waals surface area contributed by atoms with Crippen molar-refractivity contribution in [2.24, 2.45) is 5.92 Å². The van der Waals surface area contributed by atoms with Crippen LogP contribution in [0.2, 0.25) is 0 Å². The second-order valence-corrected chi connectivity index (χ2v) is 7.07. The van der Waals surface area contributed by atoms with E-state index in [0.717, 1.165) is 37.1 Å². The summed E-state index contributed by atoms with van der Waals surface area (Å²) >= 11 is 0. The molecule has 1 aromatic heterocycles. The number of rotatable bonds is 5. The van der Waals surface area contributed by atoms with E-state index in [-0.39, 0.29) is 11.8 Å². The van der Waals surface area contributed by atoms with Crippen molar-refractivity contribution in [2.75, 3.05) is 0 Å². The van der Waals surface area contributed by atoms with Crippen molar-refractivity contribution < 1.29 is 14.7 Å². The number of carboxylic acid groups (broad SMARTS) is 1. The number of aliphatic carboxylic acids is 1. The molecule has 2 aliphatic carbocycles. The van der Waals surface area contributed by atoms with Gasteiger partial charge in [-0.2, -0.15) is 0 Å². The number of aryl methyl sites for hydroxylation is 1. The standard InChI is InChI=1S/C18H26N2O3/c1-11-10-15(12(2)20(11)14-6-4-3-5-7-14)17(21)19-16(18(22)23)13-8-9-13/h10,13-14,16H,3-9H2,1-2H3,(H,19,21)(H,22,23). The number of nitrogens with one attached hydrogen (secondary N) is 1. The van der Waals surface area contributed by atoms with Gasteiger partial charge in [-0.25, -0.2) is 4.79 Å². The van der Waals surface area contributed by atoms with E-state index in [9.17, 15) is 14.7 Å². The fourth-order valence-electron chi connectivity index (χ4n) is 3.94. The highest BCUT2D eigenvalue weighted by atomic mass is 16.4. The van der Waals surface area contributed by atoms with Crippen LogP contribution in [0.5, 0.6) is 0 Å². The Hall–Kier alpha value is -1.78. The third-order valence-electron chi connectivity index (χ3n) is 5.31. The SMILES string of the molecule is Cc1cc(C(=O)NC(C(=O)O)C2CC2)c(C)n1C1CCCCC1. The molecule has 2 aliphatic rings. The van der Waals surface area contributed by atoms with Crippen molar-refractivity contribution >= 4 is 11.9 Å². The average molecular weight is 318 g/mol. The Morgan fingerprint density at radius 3 is 2.39 bits per heavy atom. The average Bonchev–Trinajstić information content (AvgIpc) is 3.31. The summed E-state index contributed by atoms with van der Waals surface area (Å²) in [7, 11) is 0. The van der Waals surface area contributed by atoms with Gasteiger partial charge in [-0.3, -0.25) is 4.79 Å². The van der Waals surface area contributed by atoms with Gasteiger partial charge >= 0.3 is 5.97 Å². The normalized spacial score (nSPS) is 20.3. The third kappa shape index (κ3) is 3.28. The number of amides is 1. The molecule has 2 saturated carbocycles. The molecule has 2 N–H and O–H groups in total. The van der Waals surface area contributed by atoms with Crippen LogP contribution in [0, 0.1) is 19.8 Å². The van der Waals surface area contributed by atoms with Crippen LogP contribution < -0.4 is 5.32 Å². The molecule has 1 amide bonds. The summed E-state index contributed by atoms with van der Waals surface area (Å²) in [6, 6.07) is 1.63. The van der Waals surface area contributed by atoms with Gasteiger partial charge < -0.3 is 15.0 Å². The number of carbonyl (C=O) groups is 2. The maximum absolute atomic E-state index is 12.6. The van der Waals surface area contributed by atoms with Gasteiger partial charge in [0.05, 0.1) is 5.56 Å². The van der Waals surface area contributed by atoms with Crippen molar-refractivity contribution in [2.45, 2.75) is 70.9 Å². The van der Waals surface area contributed by atoms with Crippen molar-refractivity contribution in [1.82, 2.24) is 9.88 Å². The number of hydrogen-bond acceptors (Lipinski definition) is 2. The van der Waals surface area contributed by atoms with Crippen molar-refractivity contribution in [3.63, 3.8) is 0 Å². The predicted octanol–water partition coefficient (Wildman–Crippen LogP) is 3.20. The Kier molecular flexibility index (Phi) is 4.46. The first-order valence-electron chi connectivity index (χ1n) is 8.71. The van der Waals surface area contributed by atoms with Crippen molar-refractivity contribution in [3.8, 4) is 0 Å². The monoisotopic (exact) mass is 318 g/mol. The molecule has 23 heavy (non-hydrogen) atoms. The summed E-state index contributed by atoms with van der Waals surface area (Å²) in [5.74, 6) is -1.08. The van der Waals surface area contributed by atoms with E-state index < -0.39 is 12.0 Å². The second kappa shape index (κ2) is 6.38. The highest BCUT2D eigenvalue weighted by Gasteiger charge is 2.37. The Labute approximate surface area is 137 Å². The first-order valence-corrected chi connectivity index (χ1v) is 8.71. The zero-order chi connectivity index (χ0) is 16.6. The van der Waals surface area contributed by atoms with Gasteiger partial charge in [0.1, 0.15) is 6.04 Å². The number of hydrogen-bond donors (Lipinski definition) is 2. The summed E-state index contributed by atoms with van der Waals surface area (Å²) in [4.78, 5) is 23.9. The van der Waals surface area contributed by atoms with Crippen LogP contribution in [0.4, 0.5) is 0 Å². The Bertz CT molecular complexity index is 610. The van der Waals surface area contributed by atoms with Crippen molar-refractivity contribution in [1.29, 1.82) is 0 Å². The van der Waals surface area contributed by atoms with E-state index in [1.54, 1.807) is 0 Å². The lowest BCUT2D eigenvalue weighted by atomic mass is 9.95. The summed E-state index contributed by atoms with van der Waals surface area (Å²) in [6.45, 7) is 4.01. The van der Waals surface area contributed by atoms with E-state index in [0.29, 0.717) is 11.6 Å². The summed E-state index contributed by atoms with van der Waals surface area (Å²) < 4.78 is 2.28. The molecule has 5 heteroatoms. The van der Waals surface area contributed by atoms with Crippen LogP contribution >= 0.6 is 0 Å². The fourth-order valence-corrected chi connectivity index (χ4v) is 3.94. The minimum atomic E-state index is -0.929. The van der Waals surface area contributed by atoms with Gasteiger partial charge in [0.15, 0.2) is 0 Å². The van der Waals surface area contributed by atoms with Crippen molar-refractivity contribution in [3.05, 3.63) is 23.0 Å². The molecule has 0 bridgehead atoms. The fraction of sp³-hybridized carbons (Fsp3) is 0.667. The maximum atomic E-state index is 12.6. The Morgan fingerprint density at radius 2 is 1.83 bits per heavy atom. The van der Waals surface area contributed by atoms with Crippen LogP contribution in [-0.4, -0.2) is 27.6 Å². The van der Waals surface area contributed by atoms with Crippen LogP contribution in [0.1, 0.15) is 72.7 Å². The molecule has 0 radical (unpaired) electrons. The predicted molar refractivity (Wildman–Crippen MR) is 87.6 cm³/mol. The molecular weight excluding hydrogens is 292 g/mol.